The molecule has 0 unspecified atom stereocenters. The van der Waals surface area contributed by atoms with E-state index in [9.17, 15) is 14.0 Å². The lowest BCUT2D eigenvalue weighted by atomic mass is 9.84. The normalized spacial score (nSPS) is 11.2. The van der Waals surface area contributed by atoms with Crippen molar-refractivity contribution < 1.29 is 14.0 Å². The maximum atomic E-state index is 13.1. The molecule has 0 radical (unpaired) electrons. The number of benzene rings is 2. The Morgan fingerprint density at radius 2 is 1.85 bits per heavy atom. The second-order valence-corrected chi connectivity index (χ2v) is 7.21. The third kappa shape index (κ3) is 4.01. The molecule has 138 valence electrons. The first-order valence-corrected chi connectivity index (χ1v) is 8.86. The summed E-state index contributed by atoms with van der Waals surface area (Å²) in [5.74, 6) is -1.04. The van der Waals surface area contributed by atoms with Crippen LogP contribution in [-0.2, 0) is 10.2 Å². The van der Waals surface area contributed by atoms with E-state index in [2.05, 4.69) is 14.7 Å². The Morgan fingerprint density at radius 3 is 2.52 bits per heavy atom. The number of hydrogen-bond donors (Lipinski definition) is 2. The van der Waals surface area contributed by atoms with Crippen LogP contribution in [0.15, 0.2) is 48.5 Å². The number of halogens is 1. The maximum Gasteiger partial charge on any atom is 0.248 e. The number of rotatable bonds is 5. The summed E-state index contributed by atoms with van der Waals surface area (Å²) in [4.78, 5) is 28.3. The summed E-state index contributed by atoms with van der Waals surface area (Å²) in [6.07, 6.45) is 0. The van der Waals surface area contributed by atoms with Crippen molar-refractivity contribution in [3.63, 3.8) is 0 Å². The minimum Gasteiger partial charge on any atom is -0.366 e. The molecule has 2 aromatic carbocycles. The van der Waals surface area contributed by atoms with Crippen molar-refractivity contribution in [1.29, 1.82) is 0 Å². The standard InChI is InChI=1S/C19H17FN4O2S/c1-19(2,13-6-8-14(20)9-7-13)17(26)23-18-22-16(27-24-18)12-5-3-4-11(10-12)15(21)25/h3-10H,1-2H3,(H2,21,25)(H,23,24,26). The molecule has 3 rings (SSSR count). The molecule has 1 heterocycles. The molecule has 1 aromatic heterocycles. The van der Waals surface area contributed by atoms with Gasteiger partial charge in [-0.15, -0.1) is 0 Å². The van der Waals surface area contributed by atoms with Crippen molar-refractivity contribution >= 4 is 29.3 Å². The highest BCUT2D eigenvalue weighted by molar-refractivity contribution is 7.09. The number of hydrogen-bond acceptors (Lipinski definition) is 5. The van der Waals surface area contributed by atoms with E-state index >= 15 is 0 Å². The predicted molar refractivity (Wildman–Crippen MR) is 102 cm³/mol. The van der Waals surface area contributed by atoms with Crippen molar-refractivity contribution in [3.8, 4) is 10.6 Å². The van der Waals surface area contributed by atoms with Gasteiger partial charge in [-0.1, -0.05) is 24.3 Å². The Bertz CT molecular complexity index is 999. The van der Waals surface area contributed by atoms with Crippen molar-refractivity contribution in [2.75, 3.05) is 5.32 Å². The smallest absolute Gasteiger partial charge is 0.248 e. The van der Waals surface area contributed by atoms with Crippen LogP contribution >= 0.6 is 11.5 Å². The van der Waals surface area contributed by atoms with Gasteiger partial charge in [-0.2, -0.15) is 9.36 Å². The van der Waals surface area contributed by atoms with Crippen LogP contribution < -0.4 is 11.1 Å². The number of nitrogens with two attached hydrogens (primary N) is 1. The van der Waals surface area contributed by atoms with Crippen LogP contribution in [0.1, 0.15) is 29.8 Å². The SMILES string of the molecule is CC(C)(C(=O)Nc1nsc(-c2cccc(C(N)=O)c2)n1)c1ccc(F)cc1. The second kappa shape index (κ2) is 7.24. The first-order chi connectivity index (χ1) is 12.8. The Labute approximate surface area is 159 Å². The van der Waals surface area contributed by atoms with Crippen molar-refractivity contribution in [1.82, 2.24) is 9.36 Å². The van der Waals surface area contributed by atoms with Gasteiger partial charge in [0.1, 0.15) is 10.8 Å². The number of amides is 2. The molecule has 3 aromatic rings. The maximum absolute atomic E-state index is 13.1. The highest BCUT2D eigenvalue weighted by Crippen LogP contribution is 2.27. The van der Waals surface area contributed by atoms with E-state index in [0.717, 1.165) is 11.5 Å². The van der Waals surface area contributed by atoms with E-state index in [-0.39, 0.29) is 17.7 Å². The number of carbonyl (C=O) groups is 2. The Balaban J connectivity index is 1.79. The predicted octanol–water partition coefficient (Wildman–Crippen LogP) is 3.36. The van der Waals surface area contributed by atoms with E-state index < -0.39 is 11.3 Å². The third-order valence-electron chi connectivity index (χ3n) is 4.18. The van der Waals surface area contributed by atoms with Crippen LogP contribution in [0.2, 0.25) is 0 Å². The Kier molecular flexibility index (Phi) is 5.00. The van der Waals surface area contributed by atoms with Crippen LogP contribution in [0, 0.1) is 5.82 Å². The summed E-state index contributed by atoms with van der Waals surface area (Å²) in [6.45, 7) is 3.47. The number of primary amides is 1. The van der Waals surface area contributed by atoms with Gasteiger partial charge in [-0.25, -0.2) is 4.39 Å². The van der Waals surface area contributed by atoms with Crippen molar-refractivity contribution in [3.05, 3.63) is 65.5 Å². The zero-order valence-corrected chi connectivity index (χ0v) is 15.5. The zero-order valence-electron chi connectivity index (χ0n) is 14.7. The van der Waals surface area contributed by atoms with Gasteiger partial charge in [0.25, 0.3) is 0 Å². The van der Waals surface area contributed by atoms with E-state index in [1.807, 2.05) is 0 Å². The van der Waals surface area contributed by atoms with Gasteiger partial charge in [-0.05, 0) is 55.2 Å². The molecule has 0 aliphatic rings. The molecule has 6 nitrogen and oxygen atoms in total. The molecule has 8 heteroatoms. The molecule has 2 amide bonds. The molecular formula is C19H17FN4O2S. The lowest BCUT2D eigenvalue weighted by Gasteiger charge is -2.23. The van der Waals surface area contributed by atoms with E-state index in [4.69, 9.17) is 5.73 Å². The average molecular weight is 384 g/mol. The summed E-state index contributed by atoms with van der Waals surface area (Å²) < 4.78 is 17.3. The molecule has 27 heavy (non-hydrogen) atoms. The summed E-state index contributed by atoms with van der Waals surface area (Å²) in [5, 5.41) is 3.24. The Morgan fingerprint density at radius 1 is 1.15 bits per heavy atom. The Hall–Kier alpha value is -3.13. The molecule has 0 spiro atoms. The summed E-state index contributed by atoms with van der Waals surface area (Å²) in [6, 6.07) is 12.5. The number of carbonyl (C=O) groups excluding carboxylic acids is 2. The van der Waals surface area contributed by atoms with Crippen LogP contribution in [0.3, 0.4) is 0 Å². The highest BCUT2D eigenvalue weighted by Gasteiger charge is 2.30. The van der Waals surface area contributed by atoms with Gasteiger partial charge in [0.15, 0.2) is 0 Å². The van der Waals surface area contributed by atoms with Gasteiger partial charge < -0.3 is 5.73 Å². The molecule has 0 fully saturated rings. The van der Waals surface area contributed by atoms with Crippen LogP contribution in [0.4, 0.5) is 10.3 Å². The summed E-state index contributed by atoms with van der Waals surface area (Å²) >= 11 is 1.10. The molecule has 3 N–H and O–H groups in total. The fraction of sp³-hybridized carbons (Fsp3) is 0.158. The van der Waals surface area contributed by atoms with Crippen LogP contribution in [0.5, 0.6) is 0 Å². The average Bonchev–Trinajstić information content (AvgIpc) is 3.10. The van der Waals surface area contributed by atoms with Crippen molar-refractivity contribution in [2.24, 2.45) is 5.73 Å². The lowest BCUT2D eigenvalue weighted by molar-refractivity contribution is -0.120. The minimum absolute atomic E-state index is 0.166. The minimum atomic E-state index is -0.898. The van der Waals surface area contributed by atoms with Gasteiger partial charge in [0.2, 0.25) is 17.8 Å². The van der Waals surface area contributed by atoms with Gasteiger partial charge in [0.05, 0.1) is 5.41 Å². The molecule has 0 saturated heterocycles. The number of aromatic nitrogens is 2. The summed E-state index contributed by atoms with van der Waals surface area (Å²) in [5.41, 5.74) is 6.12. The lowest BCUT2D eigenvalue weighted by Crippen LogP contribution is -2.35. The molecule has 0 saturated carbocycles. The number of nitrogens with one attached hydrogen (secondary N) is 1. The monoisotopic (exact) mass is 384 g/mol. The van der Waals surface area contributed by atoms with Crippen LogP contribution in [0.25, 0.3) is 10.6 Å². The largest absolute Gasteiger partial charge is 0.366 e. The van der Waals surface area contributed by atoms with E-state index in [1.165, 1.54) is 12.1 Å². The number of anilines is 1. The van der Waals surface area contributed by atoms with Crippen molar-refractivity contribution in [2.45, 2.75) is 19.3 Å². The fourth-order valence-electron chi connectivity index (χ4n) is 2.45. The first-order valence-electron chi connectivity index (χ1n) is 8.09. The zero-order chi connectivity index (χ0) is 19.6. The first kappa shape index (κ1) is 18.7. The fourth-order valence-corrected chi connectivity index (χ4v) is 3.07. The van der Waals surface area contributed by atoms with Gasteiger partial charge >= 0.3 is 0 Å². The highest BCUT2D eigenvalue weighted by atomic mass is 32.1. The van der Waals surface area contributed by atoms with Gasteiger partial charge in [-0.3, -0.25) is 14.9 Å². The molecule has 0 atom stereocenters. The quantitative estimate of drug-likeness (QED) is 0.705. The molecule has 0 aliphatic carbocycles. The molecule has 0 aliphatic heterocycles. The van der Waals surface area contributed by atoms with E-state index in [1.54, 1.807) is 50.2 Å². The van der Waals surface area contributed by atoms with E-state index in [0.29, 0.717) is 21.7 Å². The van der Waals surface area contributed by atoms with Gasteiger partial charge in [0, 0.05) is 11.1 Å². The summed E-state index contributed by atoms with van der Waals surface area (Å²) in [7, 11) is 0. The molecular weight excluding hydrogens is 367 g/mol. The third-order valence-corrected chi connectivity index (χ3v) is 4.94. The van der Waals surface area contributed by atoms with Crippen LogP contribution in [-0.4, -0.2) is 21.2 Å². The number of nitrogens with zero attached hydrogens (tertiary/aromatic N) is 2. The second-order valence-electron chi connectivity index (χ2n) is 6.45. The molecule has 0 bridgehead atoms. The topological polar surface area (TPSA) is 98.0 Å².